The highest BCUT2D eigenvalue weighted by atomic mass is 15.1. The van der Waals surface area contributed by atoms with Gasteiger partial charge in [-0.05, 0) is 58.7 Å². The van der Waals surface area contributed by atoms with Gasteiger partial charge < -0.3 is 4.57 Å². The maximum atomic E-state index is 5.38. The maximum absolute atomic E-state index is 5.38. The number of hydrogen-bond acceptors (Lipinski definition) is 2. The average molecular weight is 715 g/mol. The second-order valence-corrected chi connectivity index (χ2v) is 14.2. The second kappa shape index (κ2) is 13.1. The Morgan fingerprint density at radius 1 is 0.304 bits per heavy atom. The molecule has 11 rings (SSSR count). The van der Waals surface area contributed by atoms with E-state index in [4.69, 9.17) is 9.97 Å². The van der Waals surface area contributed by atoms with Crippen LogP contribution in [0, 0.1) is 0 Å². The third-order valence-electron chi connectivity index (χ3n) is 11.0. The minimum atomic E-state index is 0.678. The average Bonchev–Trinajstić information content (AvgIpc) is 3.80. The van der Waals surface area contributed by atoms with Crippen molar-refractivity contribution in [3.8, 4) is 56.4 Å². The summed E-state index contributed by atoms with van der Waals surface area (Å²) in [6.45, 7) is 0. The smallest absolute Gasteiger partial charge is 0.162 e. The van der Waals surface area contributed by atoms with E-state index in [-0.39, 0.29) is 0 Å². The summed E-state index contributed by atoms with van der Waals surface area (Å²) in [7, 11) is 0. The van der Waals surface area contributed by atoms with Crippen molar-refractivity contribution in [2.45, 2.75) is 0 Å². The molecule has 0 aliphatic carbocycles. The Balaban J connectivity index is 1.16. The standard InChI is InChI=1S/C52H34N4/c1-4-14-35(15-5-1)37-24-28-39(29-25-37)44-34-49(54-52(53-44)40-30-26-38(27-31-40)36-16-6-2-7-17-36)56-46-23-13-11-21-43(46)51-48(56)33-32-47-50(51)42-20-10-12-22-45(42)55(47)41-18-8-3-9-19-41/h1-34H. The van der Waals surface area contributed by atoms with Crippen LogP contribution in [0.2, 0.25) is 0 Å². The number of fused-ring (bicyclic) bond motifs is 7. The van der Waals surface area contributed by atoms with E-state index in [0.717, 1.165) is 44.9 Å². The summed E-state index contributed by atoms with van der Waals surface area (Å²) in [6, 6.07) is 73.1. The molecule has 56 heavy (non-hydrogen) atoms. The fraction of sp³-hybridized carbons (Fsp3) is 0. The van der Waals surface area contributed by atoms with E-state index in [1.807, 2.05) is 6.07 Å². The molecule has 0 atom stereocenters. The highest BCUT2D eigenvalue weighted by Crippen LogP contribution is 2.42. The van der Waals surface area contributed by atoms with Gasteiger partial charge >= 0.3 is 0 Å². The molecule has 0 bridgehead atoms. The quantitative estimate of drug-likeness (QED) is 0.172. The van der Waals surface area contributed by atoms with Gasteiger partial charge in [0.15, 0.2) is 5.82 Å². The van der Waals surface area contributed by atoms with Crippen LogP contribution in [-0.2, 0) is 0 Å². The van der Waals surface area contributed by atoms with Crippen molar-refractivity contribution in [1.29, 1.82) is 0 Å². The fourth-order valence-corrected chi connectivity index (χ4v) is 8.35. The summed E-state index contributed by atoms with van der Waals surface area (Å²) in [5.74, 6) is 1.50. The molecule has 0 spiro atoms. The summed E-state index contributed by atoms with van der Waals surface area (Å²) in [4.78, 5) is 10.6. The van der Waals surface area contributed by atoms with Crippen molar-refractivity contribution in [2.75, 3.05) is 0 Å². The molecule has 0 saturated heterocycles. The van der Waals surface area contributed by atoms with Crippen LogP contribution < -0.4 is 0 Å². The molecule has 3 aromatic heterocycles. The lowest BCUT2D eigenvalue weighted by Gasteiger charge is -2.13. The number of hydrogen-bond donors (Lipinski definition) is 0. The zero-order valence-corrected chi connectivity index (χ0v) is 30.4. The van der Waals surface area contributed by atoms with Crippen LogP contribution in [-0.4, -0.2) is 19.1 Å². The Bertz CT molecular complexity index is 3100. The fourth-order valence-electron chi connectivity index (χ4n) is 8.35. The van der Waals surface area contributed by atoms with E-state index in [1.54, 1.807) is 0 Å². The molecule has 0 unspecified atom stereocenters. The van der Waals surface area contributed by atoms with Gasteiger partial charge in [0.25, 0.3) is 0 Å². The van der Waals surface area contributed by atoms with Gasteiger partial charge in [-0.25, -0.2) is 9.97 Å². The predicted octanol–water partition coefficient (Wildman–Crippen LogP) is 13.3. The van der Waals surface area contributed by atoms with Gasteiger partial charge in [-0.15, -0.1) is 0 Å². The molecule has 0 aliphatic rings. The van der Waals surface area contributed by atoms with Gasteiger partial charge in [-0.3, -0.25) is 4.57 Å². The minimum Gasteiger partial charge on any atom is -0.309 e. The summed E-state index contributed by atoms with van der Waals surface area (Å²) in [6.07, 6.45) is 0. The molecule has 262 valence electrons. The van der Waals surface area contributed by atoms with Crippen molar-refractivity contribution in [3.63, 3.8) is 0 Å². The van der Waals surface area contributed by atoms with Crippen molar-refractivity contribution in [3.05, 3.63) is 206 Å². The van der Waals surface area contributed by atoms with Gasteiger partial charge in [-0.1, -0.05) is 164 Å². The highest BCUT2D eigenvalue weighted by molar-refractivity contribution is 6.28. The van der Waals surface area contributed by atoms with E-state index < -0.39 is 0 Å². The van der Waals surface area contributed by atoms with Crippen molar-refractivity contribution in [2.24, 2.45) is 0 Å². The van der Waals surface area contributed by atoms with Crippen LogP contribution >= 0.6 is 0 Å². The Morgan fingerprint density at radius 2 is 0.732 bits per heavy atom. The molecular weight excluding hydrogens is 681 g/mol. The third kappa shape index (κ3) is 5.23. The molecule has 11 aromatic rings. The van der Waals surface area contributed by atoms with Crippen LogP contribution in [0.5, 0.6) is 0 Å². The van der Waals surface area contributed by atoms with Gasteiger partial charge in [-0.2, -0.15) is 0 Å². The summed E-state index contributed by atoms with van der Waals surface area (Å²) < 4.78 is 4.71. The lowest BCUT2D eigenvalue weighted by molar-refractivity contribution is 1.05. The molecule has 0 amide bonds. The van der Waals surface area contributed by atoms with Crippen molar-refractivity contribution < 1.29 is 0 Å². The zero-order valence-electron chi connectivity index (χ0n) is 30.4. The molecule has 0 fully saturated rings. The highest BCUT2D eigenvalue weighted by Gasteiger charge is 2.22. The predicted molar refractivity (Wildman–Crippen MR) is 232 cm³/mol. The Labute approximate surface area is 324 Å². The normalized spacial score (nSPS) is 11.6. The number of benzene rings is 8. The number of rotatable bonds is 6. The van der Waals surface area contributed by atoms with Crippen LogP contribution in [0.1, 0.15) is 0 Å². The number of nitrogens with zero attached hydrogens (tertiary/aromatic N) is 4. The number of aromatic nitrogens is 4. The molecule has 4 nitrogen and oxygen atoms in total. The van der Waals surface area contributed by atoms with E-state index in [0.29, 0.717) is 5.82 Å². The Morgan fingerprint density at radius 3 is 1.30 bits per heavy atom. The number of para-hydroxylation sites is 3. The van der Waals surface area contributed by atoms with E-state index in [9.17, 15) is 0 Å². The SMILES string of the molecule is c1ccc(-c2ccc(-c3cc(-n4c5ccccc5c5c6c7ccccc7n(-c7ccccc7)c6ccc54)nc(-c4ccc(-c5ccccc5)cc4)n3)cc2)cc1. The zero-order chi connectivity index (χ0) is 37.0. The summed E-state index contributed by atoms with van der Waals surface area (Å²) in [5.41, 5.74) is 13.2. The summed E-state index contributed by atoms with van der Waals surface area (Å²) >= 11 is 0. The maximum Gasteiger partial charge on any atom is 0.162 e. The molecule has 0 saturated carbocycles. The van der Waals surface area contributed by atoms with Crippen LogP contribution in [0.3, 0.4) is 0 Å². The molecular formula is C52H34N4. The Hall–Kier alpha value is -7.56. The topological polar surface area (TPSA) is 35.6 Å². The monoisotopic (exact) mass is 714 g/mol. The Kier molecular flexibility index (Phi) is 7.46. The lowest BCUT2D eigenvalue weighted by Crippen LogP contribution is -2.02. The van der Waals surface area contributed by atoms with Crippen LogP contribution in [0.4, 0.5) is 0 Å². The summed E-state index contributed by atoms with van der Waals surface area (Å²) in [5, 5.41) is 4.86. The first-order valence-electron chi connectivity index (χ1n) is 19.0. The van der Waals surface area contributed by atoms with Gasteiger partial charge in [0.2, 0.25) is 0 Å². The van der Waals surface area contributed by atoms with Crippen molar-refractivity contribution >= 4 is 43.6 Å². The molecule has 0 N–H and O–H groups in total. The van der Waals surface area contributed by atoms with Crippen LogP contribution in [0.15, 0.2) is 206 Å². The largest absolute Gasteiger partial charge is 0.309 e. The van der Waals surface area contributed by atoms with Gasteiger partial charge in [0.05, 0.1) is 27.8 Å². The van der Waals surface area contributed by atoms with Gasteiger partial charge in [0.1, 0.15) is 5.82 Å². The van der Waals surface area contributed by atoms with Gasteiger partial charge in [0, 0.05) is 44.4 Å². The lowest BCUT2D eigenvalue weighted by atomic mass is 10.0. The minimum absolute atomic E-state index is 0.678. The van der Waals surface area contributed by atoms with E-state index in [1.165, 1.54) is 49.3 Å². The molecule has 0 aliphatic heterocycles. The first-order valence-corrected chi connectivity index (χ1v) is 19.0. The first kappa shape index (κ1) is 31.9. The van der Waals surface area contributed by atoms with Crippen molar-refractivity contribution in [1.82, 2.24) is 19.1 Å². The second-order valence-electron chi connectivity index (χ2n) is 14.2. The van der Waals surface area contributed by atoms with E-state index in [2.05, 4.69) is 209 Å². The third-order valence-corrected chi connectivity index (χ3v) is 11.0. The molecule has 4 heteroatoms. The van der Waals surface area contributed by atoms with Crippen LogP contribution in [0.25, 0.3) is 100 Å². The molecule has 3 heterocycles. The first-order chi connectivity index (χ1) is 27.8. The molecule has 8 aromatic carbocycles. The molecule has 0 radical (unpaired) electrons. The van der Waals surface area contributed by atoms with E-state index >= 15 is 0 Å².